The Morgan fingerprint density at radius 1 is 1.34 bits per heavy atom. The first-order chi connectivity index (χ1) is 13.3. The van der Waals surface area contributed by atoms with E-state index in [1.165, 1.54) is 6.92 Å². The molecule has 3 heterocycles. The van der Waals surface area contributed by atoms with E-state index < -0.39 is 77.9 Å². The number of hydrogen-bond donors (Lipinski definition) is 5. The number of fused-ring (bicyclic) bond motifs is 1. The zero-order chi connectivity index (χ0) is 21.8. The number of hydrogen-bond acceptors (Lipinski definition) is 8. The highest BCUT2D eigenvalue weighted by Gasteiger charge is 2.56. The van der Waals surface area contributed by atoms with Gasteiger partial charge >= 0.3 is 11.9 Å². The number of aromatic nitrogens is 4. The van der Waals surface area contributed by atoms with Crippen molar-refractivity contribution in [2.24, 2.45) is 0 Å². The van der Waals surface area contributed by atoms with E-state index in [2.05, 4.69) is 9.97 Å². The molecule has 1 fully saturated rings. The number of nitrogens with one attached hydrogen (secondary N) is 1. The fourth-order valence-corrected chi connectivity index (χ4v) is 3.18. The molecule has 0 aromatic carbocycles. The van der Waals surface area contributed by atoms with Crippen molar-refractivity contribution in [1.29, 1.82) is 0 Å². The first-order valence-corrected chi connectivity index (χ1v) is 8.25. The number of anilines is 1. The monoisotopic (exact) mass is 427 g/mol. The number of nitrogen functional groups attached to an aromatic ring is 1. The summed E-state index contributed by atoms with van der Waals surface area (Å²) in [4.78, 5) is 30.9. The molecule has 0 saturated carbocycles. The molecule has 1 saturated heterocycles. The molecule has 6 atom stereocenters. The molecule has 2 aromatic heterocycles. The fourth-order valence-electron chi connectivity index (χ4n) is 3.18. The highest BCUT2D eigenvalue weighted by molar-refractivity contribution is 5.71. The van der Waals surface area contributed by atoms with Gasteiger partial charge in [0.1, 0.15) is 12.2 Å². The summed E-state index contributed by atoms with van der Waals surface area (Å²) in [5, 5.41) is 29.0. The number of imidazole rings is 1. The van der Waals surface area contributed by atoms with Crippen LogP contribution in [0, 0.1) is 0 Å². The molecule has 162 valence electrons. The minimum atomic E-state index is -5.26. The largest absolute Gasteiger partial charge is 0.417 e. The second kappa shape index (κ2) is 7.08. The van der Waals surface area contributed by atoms with Crippen molar-refractivity contribution in [1.82, 2.24) is 19.1 Å². The van der Waals surface area contributed by atoms with Gasteiger partial charge in [0, 0.05) is 0 Å². The van der Waals surface area contributed by atoms with Crippen LogP contribution in [-0.2, 0) is 11.3 Å². The van der Waals surface area contributed by atoms with Crippen LogP contribution in [0.15, 0.2) is 9.59 Å². The van der Waals surface area contributed by atoms with Gasteiger partial charge in [0.2, 0.25) is 5.95 Å². The molecule has 0 bridgehead atoms. The molecule has 29 heavy (non-hydrogen) atoms. The van der Waals surface area contributed by atoms with Gasteiger partial charge in [0.15, 0.2) is 29.7 Å². The van der Waals surface area contributed by atoms with Gasteiger partial charge in [0.25, 0.3) is 5.56 Å². The molecule has 0 amide bonds. The average Bonchev–Trinajstić information content (AvgIpc) is 3.01. The van der Waals surface area contributed by atoms with Crippen molar-refractivity contribution in [3.8, 4) is 0 Å². The number of halogens is 4. The number of ether oxygens (including phenoxy) is 1. The quantitative estimate of drug-likeness (QED) is 0.362. The van der Waals surface area contributed by atoms with Gasteiger partial charge in [-0.2, -0.15) is 18.2 Å². The number of aromatic amines is 1. The minimum absolute atomic E-state index is 0.420. The van der Waals surface area contributed by atoms with Gasteiger partial charge in [-0.15, -0.1) is 0 Å². The molecule has 0 spiro atoms. The Morgan fingerprint density at radius 3 is 2.52 bits per heavy atom. The van der Waals surface area contributed by atoms with Gasteiger partial charge in [-0.25, -0.2) is 13.8 Å². The van der Waals surface area contributed by atoms with E-state index in [0.29, 0.717) is 4.57 Å². The van der Waals surface area contributed by atoms with Crippen LogP contribution < -0.4 is 17.0 Å². The van der Waals surface area contributed by atoms with E-state index in [9.17, 15) is 42.5 Å². The molecular weight excluding hydrogens is 410 g/mol. The Labute approximate surface area is 158 Å². The van der Waals surface area contributed by atoms with Gasteiger partial charge in [0.05, 0.1) is 12.6 Å². The third kappa shape index (κ3) is 3.50. The third-order valence-corrected chi connectivity index (χ3v) is 4.41. The summed E-state index contributed by atoms with van der Waals surface area (Å²) in [5.41, 5.74) is 2.48. The van der Waals surface area contributed by atoms with E-state index in [1.807, 2.05) is 0 Å². The number of nitrogens with two attached hydrogens (primary N) is 1. The molecule has 11 nitrogen and oxygen atoms in total. The van der Waals surface area contributed by atoms with E-state index in [-0.39, 0.29) is 0 Å². The Balaban J connectivity index is 2.19. The standard InChI is InChI=1S/C14H17F4N5O6/c1-3(24)2-22-5-9(20-12(19)21-10(5)27)23(13(22)28)11-6(25)4(15)7(29-11)8(26)14(16,17)18/h3-4,6-8,11,24-26H,2H2,1H3,(H3,19,20,21,27)/t3?,4-,6-,7+,8?,11-/m1/s1. The highest BCUT2D eigenvalue weighted by atomic mass is 19.4. The van der Waals surface area contributed by atoms with Crippen molar-refractivity contribution in [2.75, 3.05) is 5.73 Å². The lowest BCUT2D eigenvalue weighted by Gasteiger charge is -2.22. The van der Waals surface area contributed by atoms with Crippen LogP contribution >= 0.6 is 0 Å². The number of aliphatic hydroxyl groups is 3. The van der Waals surface area contributed by atoms with Crippen LogP contribution in [0.2, 0.25) is 0 Å². The first-order valence-electron chi connectivity index (χ1n) is 8.25. The number of nitrogens with zero attached hydrogens (tertiary/aromatic N) is 3. The van der Waals surface area contributed by atoms with Gasteiger partial charge in [-0.1, -0.05) is 0 Å². The molecule has 6 N–H and O–H groups in total. The average molecular weight is 427 g/mol. The van der Waals surface area contributed by atoms with Crippen molar-refractivity contribution < 1.29 is 37.6 Å². The molecule has 3 rings (SSSR count). The van der Waals surface area contributed by atoms with Crippen LogP contribution in [0.3, 0.4) is 0 Å². The number of aliphatic hydroxyl groups excluding tert-OH is 3. The van der Waals surface area contributed by atoms with Crippen LogP contribution in [-0.4, -0.2) is 71.2 Å². The van der Waals surface area contributed by atoms with Crippen molar-refractivity contribution in [2.45, 2.75) is 56.5 Å². The maximum atomic E-state index is 14.3. The SMILES string of the molecule is CC(O)Cn1c(=O)n([C@@H]2O[C@H](C(O)C(F)(F)F)[C@H](F)[C@H]2O)c2nc(N)[nH]c(=O)c21. The summed E-state index contributed by atoms with van der Waals surface area (Å²) in [7, 11) is 0. The lowest BCUT2D eigenvalue weighted by atomic mass is 10.1. The highest BCUT2D eigenvalue weighted by Crippen LogP contribution is 2.37. The zero-order valence-electron chi connectivity index (χ0n) is 14.7. The molecule has 2 aromatic rings. The summed E-state index contributed by atoms with van der Waals surface area (Å²) in [6, 6.07) is 0. The van der Waals surface area contributed by atoms with Crippen LogP contribution in [0.1, 0.15) is 13.2 Å². The van der Waals surface area contributed by atoms with E-state index in [1.54, 1.807) is 0 Å². The van der Waals surface area contributed by atoms with Crippen molar-refractivity contribution in [3.05, 3.63) is 20.8 Å². The Hall–Kier alpha value is -2.49. The molecule has 2 unspecified atom stereocenters. The second-order valence-corrected chi connectivity index (χ2v) is 6.65. The summed E-state index contributed by atoms with van der Waals surface area (Å²) in [5.74, 6) is -0.471. The maximum absolute atomic E-state index is 14.3. The van der Waals surface area contributed by atoms with Crippen molar-refractivity contribution >= 4 is 17.1 Å². The molecule has 0 radical (unpaired) electrons. The normalized spacial score (nSPS) is 27.4. The second-order valence-electron chi connectivity index (χ2n) is 6.65. The summed E-state index contributed by atoms with van der Waals surface area (Å²) >= 11 is 0. The van der Waals surface area contributed by atoms with Gasteiger partial charge in [-0.3, -0.25) is 14.3 Å². The Morgan fingerprint density at radius 2 is 1.97 bits per heavy atom. The maximum Gasteiger partial charge on any atom is 0.417 e. The van der Waals surface area contributed by atoms with E-state index in [4.69, 9.17) is 10.5 Å². The van der Waals surface area contributed by atoms with Crippen LogP contribution in [0.5, 0.6) is 0 Å². The fraction of sp³-hybridized carbons (Fsp3) is 0.643. The summed E-state index contributed by atoms with van der Waals surface area (Å²) < 4.78 is 58.6. The number of rotatable bonds is 4. The third-order valence-electron chi connectivity index (χ3n) is 4.41. The predicted octanol–water partition coefficient (Wildman–Crippen LogP) is -1.63. The van der Waals surface area contributed by atoms with E-state index in [0.717, 1.165) is 4.57 Å². The van der Waals surface area contributed by atoms with Crippen molar-refractivity contribution in [3.63, 3.8) is 0 Å². The number of alkyl halides is 4. The topological polar surface area (TPSA) is 169 Å². The first kappa shape index (κ1) is 21.2. The Kier molecular flexibility index (Phi) is 5.18. The lowest BCUT2D eigenvalue weighted by Crippen LogP contribution is -2.44. The lowest BCUT2D eigenvalue weighted by molar-refractivity contribution is -0.241. The predicted molar refractivity (Wildman–Crippen MR) is 87.6 cm³/mol. The molecule has 15 heteroatoms. The van der Waals surface area contributed by atoms with Crippen LogP contribution in [0.4, 0.5) is 23.5 Å². The summed E-state index contributed by atoms with van der Waals surface area (Å²) in [6.07, 6.45) is -19.3. The Bertz CT molecular complexity index is 1030. The van der Waals surface area contributed by atoms with E-state index >= 15 is 0 Å². The minimum Gasteiger partial charge on any atom is -0.392 e. The van der Waals surface area contributed by atoms with Gasteiger partial charge in [-0.05, 0) is 6.92 Å². The number of H-pyrrole nitrogens is 1. The van der Waals surface area contributed by atoms with Crippen LogP contribution in [0.25, 0.3) is 11.2 Å². The zero-order valence-corrected chi connectivity index (χ0v) is 14.7. The molecule has 1 aliphatic heterocycles. The molecule has 1 aliphatic rings. The van der Waals surface area contributed by atoms with Gasteiger partial charge < -0.3 is 25.8 Å². The molecule has 0 aliphatic carbocycles. The summed E-state index contributed by atoms with van der Waals surface area (Å²) in [6.45, 7) is 0.871. The smallest absolute Gasteiger partial charge is 0.392 e. The molecular formula is C14H17F4N5O6.